The third-order valence-corrected chi connectivity index (χ3v) is 3.21. The lowest BCUT2D eigenvalue weighted by molar-refractivity contribution is 0.393. The SMILES string of the molecule is Cc1noc(C)c1-c1ccc2ccn(C)c2c1. The first kappa shape index (κ1) is 10.1. The Labute approximate surface area is 99.6 Å². The highest BCUT2D eigenvalue weighted by molar-refractivity contribution is 5.86. The highest BCUT2D eigenvalue weighted by Crippen LogP contribution is 2.29. The van der Waals surface area contributed by atoms with Gasteiger partial charge in [0.25, 0.3) is 0 Å². The molecule has 0 unspecified atom stereocenters. The monoisotopic (exact) mass is 226 g/mol. The average Bonchev–Trinajstić information content (AvgIpc) is 2.84. The van der Waals surface area contributed by atoms with Crippen LogP contribution in [-0.4, -0.2) is 9.72 Å². The van der Waals surface area contributed by atoms with Gasteiger partial charge in [-0.2, -0.15) is 0 Å². The quantitative estimate of drug-likeness (QED) is 0.636. The van der Waals surface area contributed by atoms with Crippen LogP contribution in [0.15, 0.2) is 35.0 Å². The van der Waals surface area contributed by atoms with Crippen molar-refractivity contribution < 1.29 is 4.52 Å². The van der Waals surface area contributed by atoms with Crippen LogP contribution in [-0.2, 0) is 7.05 Å². The number of hydrogen-bond acceptors (Lipinski definition) is 2. The van der Waals surface area contributed by atoms with E-state index in [-0.39, 0.29) is 0 Å². The van der Waals surface area contributed by atoms with E-state index in [4.69, 9.17) is 4.52 Å². The standard InChI is InChI=1S/C14H14N2O/c1-9-14(10(2)17-15-9)12-5-4-11-6-7-16(3)13(11)8-12/h4-8H,1-3H3. The van der Waals surface area contributed by atoms with Crippen LogP contribution in [0, 0.1) is 13.8 Å². The molecule has 86 valence electrons. The Morgan fingerprint density at radius 3 is 2.71 bits per heavy atom. The van der Waals surface area contributed by atoms with Crippen LogP contribution in [0.4, 0.5) is 0 Å². The normalized spacial score (nSPS) is 11.2. The van der Waals surface area contributed by atoms with E-state index in [0.29, 0.717) is 0 Å². The first-order valence-electron chi connectivity index (χ1n) is 5.65. The van der Waals surface area contributed by atoms with Crippen LogP contribution in [0.25, 0.3) is 22.0 Å². The molecule has 0 spiro atoms. The summed E-state index contributed by atoms with van der Waals surface area (Å²) in [5.74, 6) is 0.871. The van der Waals surface area contributed by atoms with Crippen LogP contribution in [0.3, 0.4) is 0 Å². The van der Waals surface area contributed by atoms with Crippen LogP contribution < -0.4 is 0 Å². The van der Waals surface area contributed by atoms with E-state index >= 15 is 0 Å². The molecule has 0 N–H and O–H groups in total. The molecular weight excluding hydrogens is 212 g/mol. The second-order valence-electron chi connectivity index (χ2n) is 4.40. The molecule has 3 heteroatoms. The van der Waals surface area contributed by atoms with Crippen molar-refractivity contribution in [3.8, 4) is 11.1 Å². The van der Waals surface area contributed by atoms with E-state index < -0.39 is 0 Å². The Morgan fingerprint density at radius 2 is 2.00 bits per heavy atom. The van der Waals surface area contributed by atoms with Gasteiger partial charge < -0.3 is 9.09 Å². The van der Waals surface area contributed by atoms with Crippen LogP contribution in [0.2, 0.25) is 0 Å². The molecule has 2 aromatic heterocycles. The number of fused-ring (bicyclic) bond motifs is 1. The van der Waals surface area contributed by atoms with Gasteiger partial charge in [0.15, 0.2) is 0 Å². The third kappa shape index (κ3) is 1.46. The van der Waals surface area contributed by atoms with Gasteiger partial charge in [0, 0.05) is 24.3 Å². The van der Waals surface area contributed by atoms with Crippen molar-refractivity contribution in [1.29, 1.82) is 0 Å². The van der Waals surface area contributed by atoms with Crippen LogP contribution in [0.5, 0.6) is 0 Å². The summed E-state index contributed by atoms with van der Waals surface area (Å²) < 4.78 is 7.34. The Hall–Kier alpha value is -2.03. The number of benzene rings is 1. The smallest absolute Gasteiger partial charge is 0.141 e. The Morgan fingerprint density at radius 1 is 1.18 bits per heavy atom. The fourth-order valence-electron chi connectivity index (χ4n) is 2.31. The molecule has 0 bridgehead atoms. The Balaban J connectivity index is 2.27. The van der Waals surface area contributed by atoms with E-state index in [2.05, 4.69) is 47.2 Å². The molecule has 0 aliphatic rings. The molecule has 0 radical (unpaired) electrons. The molecule has 0 aliphatic carbocycles. The zero-order valence-corrected chi connectivity index (χ0v) is 10.2. The molecule has 0 fully saturated rings. The van der Waals surface area contributed by atoms with Gasteiger partial charge in [-0.15, -0.1) is 0 Å². The summed E-state index contributed by atoms with van der Waals surface area (Å²) in [7, 11) is 2.06. The minimum Gasteiger partial charge on any atom is -0.361 e. The van der Waals surface area contributed by atoms with Gasteiger partial charge in [-0.05, 0) is 36.9 Å². The van der Waals surface area contributed by atoms with Crippen molar-refractivity contribution in [3.63, 3.8) is 0 Å². The van der Waals surface area contributed by atoms with Crippen molar-refractivity contribution in [2.45, 2.75) is 13.8 Å². The number of aromatic nitrogens is 2. The first-order valence-corrected chi connectivity index (χ1v) is 5.65. The number of rotatable bonds is 1. The maximum Gasteiger partial charge on any atom is 0.141 e. The van der Waals surface area contributed by atoms with Crippen LogP contribution in [0.1, 0.15) is 11.5 Å². The lowest BCUT2D eigenvalue weighted by atomic mass is 10.0. The topological polar surface area (TPSA) is 31.0 Å². The van der Waals surface area contributed by atoms with Crippen molar-refractivity contribution in [2.75, 3.05) is 0 Å². The molecular formula is C14H14N2O. The van der Waals surface area contributed by atoms with E-state index in [0.717, 1.165) is 22.6 Å². The largest absolute Gasteiger partial charge is 0.361 e. The van der Waals surface area contributed by atoms with Crippen molar-refractivity contribution in [3.05, 3.63) is 41.9 Å². The van der Waals surface area contributed by atoms with Gasteiger partial charge in [0.2, 0.25) is 0 Å². The summed E-state index contributed by atoms with van der Waals surface area (Å²) in [4.78, 5) is 0. The highest BCUT2D eigenvalue weighted by atomic mass is 16.5. The van der Waals surface area contributed by atoms with Gasteiger partial charge in [0.05, 0.1) is 5.69 Å². The van der Waals surface area contributed by atoms with Gasteiger partial charge in [-0.3, -0.25) is 0 Å². The fourth-order valence-corrected chi connectivity index (χ4v) is 2.31. The van der Waals surface area contributed by atoms with Gasteiger partial charge in [-0.25, -0.2) is 0 Å². The minimum atomic E-state index is 0.871. The molecule has 2 heterocycles. The molecule has 1 aromatic carbocycles. The molecule has 17 heavy (non-hydrogen) atoms. The summed E-state index contributed by atoms with van der Waals surface area (Å²) in [6.45, 7) is 3.92. The van der Waals surface area contributed by atoms with E-state index in [9.17, 15) is 0 Å². The lowest BCUT2D eigenvalue weighted by Gasteiger charge is -2.02. The minimum absolute atomic E-state index is 0.871. The predicted octanol–water partition coefficient (Wildman–Crippen LogP) is 3.45. The molecule has 0 amide bonds. The molecule has 0 aliphatic heterocycles. The maximum atomic E-state index is 5.22. The lowest BCUT2D eigenvalue weighted by Crippen LogP contribution is -1.86. The van der Waals surface area contributed by atoms with Gasteiger partial charge in [0.1, 0.15) is 5.76 Å². The number of aryl methyl sites for hydroxylation is 3. The molecule has 0 saturated heterocycles. The Kier molecular flexibility index (Phi) is 2.08. The highest BCUT2D eigenvalue weighted by Gasteiger charge is 2.12. The summed E-state index contributed by atoms with van der Waals surface area (Å²) in [5.41, 5.74) is 4.43. The summed E-state index contributed by atoms with van der Waals surface area (Å²) in [6.07, 6.45) is 2.07. The number of hydrogen-bond donors (Lipinski definition) is 0. The molecule has 0 atom stereocenters. The zero-order chi connectivity index (χ0) is 12.0. The van der Waals surface area contributed by atoms with Crippen molar-refractivity contribution >= 4 is 10.9 Å². The second-order valence-corrected chi connectivity index (χ2v) is 4.40. The maximum absolute atomic E-state index is 5.22. The van der Waals surface area contributed by atoms with E-state index in [1.807, 2.05) is 13.8 Å². The molecule has 0 saturated carbocycles. The first-order chi connectivity index (χ1) is 8.16. The summed E-state index contributed by atoms with van der Waals surface area (Å²) in [6, 6.07) is 8.56. The van der Waals surface area contributed by atoms with Crippen molar-refractivity contribution in [1.82, 2.24) is 9.72 Å². The van der Waals surface area contributed by atoms with Crippen LogP contribution >= 0.6 is 0 Å². The summed E-state index contributed by atoms with van der Waals surface area (Å²) in [5, 5.41) is 5.25. The zero-order valence-electron chi connectivity index (χ0n) is 10.2. The molecule has 3 rings (SSSR count). The van der Waals surface area contributed by atoms with E-state index in [1.165, 1.54) is 10.9 Å². The number of nitrogens with zero attached hydrogens (tertiary/aromatic N) is 2. The van der Waals surface area contributed by atoms with Gasteiger partial charge in [-0.1, -0.05) is 17.3 Å². The van der Waals surface area contributed by atoms with Gasteiger partial charge >= 0.3 is 0 Å². The van der Waals surface area contributed by atoms with Crippen molar-refractivity contribution in [2.24, 2.45) is 7.05 Å². The second kappa shape index (κ2) is 3.48. The molecule has 3 aromatic rings. The third-order valence-electron chi connectivity index (χ3n) is 3.21. The predicted molar refractivity (Wildman–Crippen MR) is 67.9 cm³/mol. The van der Waals surface area contributed by atoms with E-state index in [1.54, 1.807) is 0 Å². The fraction of sp³-hybridized carbons (Fsp3) is 0.214. The Bertz CT molecular complexity index is 672. The summed E-state index contributed by atoms with van der Waals surface area (Å²) >= 11 is 0. The average molecular weight is 226 g/mol. The molecule has 3 nitrogen and oxygen atoms in total.